The number of hydrogen-bond acceptors (Lipinski definition) is 5. The van der Waals surface area contributed by atoms with E-state index in [0.29, 0.717) is 11.8 Å². The van der Waals surface area contributed by atoms with Crippen molar-refractivity contribution in [2.45, 2.75) is 33.7 Å². The van der Waals surface area contributed by atoms with Gasteiger partial charge in [0.05, 0.1) is 0 Å². The van der Waals surface area contributed by atoms with Gasteiger partial charge in [0.1, 0.15) is 0 Å². The summed E-state index contributed by atoms with van der Waals surface area (Å²) >= 11 is -2.31. The number of rotatable bonds is 4. The maximum atomic E-state index is 10.7. The van der Waals surface area contributed by atoms with Crippen molar-refractivity contribution in [3.63, 3.8) is 0 Å². The van der Waals surface area contributed by atoms with Crippen LogP contribution in [-0.2, 0) is 0 Å². The number of nitrogens with zero attached hydrogens (tertiary/aromatic N) is 3. The van der Waals surface area contributed by atoms with E-state index in [1.165, 1.54) is 0 Å². The number of amides is 1. The Morgan fingerprint density at radius 2 is 2.00 bits per heavy atom. The van der Waals surface area contributed by atoms with Crippen LogP contribution in [0.4, 0.5) is 10.7 Å². The van der Waals surface area contributed by atoms with E-state index in [-0.39, 0.29) is 6.04 Å². The molecule has 1 saturated heterocycles. The third-order valence-electron chi connectivity index (χ3n) is 3.77. The number of piperidine rings is 1. The minimum absolute atomic E-state index is 0.0145. The van der Waals surface area contributed by atoms with Gasteiger partial charge in [0.2, 0.25) is 0 Å². The van der Waals surface area contributed by atoms with E-state index in [1.807, 2.05) is 6.07 Å². The molecule has 0 aromatic carbocycles. The van der Waals surface area contributed by atoms with Gasteiger partial charge in [-0.05, 0) is 0 Å². The van der Waals surface area contributed by atoms with Gasteiger partial charge in [0.15, 0.2) is 0 Å². The molecule has 0 aliphatic carbocycles. The van der Waals surface area contributed by atoms with E-state index in [9.17, 15) is 4.79 Å². The van der Waals surface area contributed by atoms with E-state index in [0.717, 1.165) is 29.6 Å². The quantitative estimate of drug-likeness (QED) is 0.721. The topological polar surface area (TPSA) is 87.6 Å². The Morgan fingerprint density at radius 1 is 1.36 bits per heavy atom. The average Bonchev–Trinajstić information content (AvgIpc) is 2.46. The molecule has 1 aromatic heterocycles. The number of nitrogens with one attached hydrogen (secondary N) is 1. The summed E-state index contributed by atoms with van der Waals surface area (Å²) in [4.78, 5) is 29.0. The summed E-state index contributed by atoms with van der Waals surface area (Å²) in [6.45, 7) is 1.49. The van der Waals surface area contributed by atoms with Gasteiger partial charge in [-0.3, -0.25) is 0 Å². The molecule has 22 heavy (non-hydrogen) atoms. The van der Waals surface area contributed by atoms with Crippen LogP contribution in [0.3, 0.4) is 0 Å². The molecule has 1 aliphatic rings. The predicted molar refractivity (Wildman–Crippen MR) is 88.0 cm³/mol. The number of methoxy groups -OCH3 is 1. The first kappa shape index (κ1) is 17.1. The fourth-order valence-electron chi connectivity index (χ4n) is 2.44. The maximum absolute atomic E-state index is 10.7. The summed E-state index contributed by atoms with van der Waals surface area (Å²) in [6.07, 6.45) is 0.572. The van der Waals surface area contributed by atoms with E-state index in [1.54, 1.807) is 7.11 Å². The molecule has 0 saturated carbocycles. The Balaban J connectivity index is 2.14. The molecule has 2 heterocycles. The summed E-state index contributed by atoms with van der Waals surface area (Å²) in [5.41, 5.74) is 0. The van der Waals surface area contributed by atoms with Gasteiger partial charge in [-0.1, -0.05) is 0 Å². The fraction of sp³-hybridized carbons (Fsp3) is 0.643. The monoisotopic (exact) mass is 416 g/mol. The standard InChI is InChI=1S/C11H15N4O3.3CH3.Sn/c1-18-9-2-5-12-10(14-9)15-6-3-8(4-7-15)13-11(16)17;;;;/h2,8,13H,3-4,6-7H2,1H3,(H,16,17);3*1H3;. The van der Waals surface area contributed by atoms with E-state index in [4.69, 9.17) is 14.8 Å². The Labute approximate surface area is 135 Å². The average molecular weight is 415 g/mol. The SMILES string of the molecule is COc1c[c]([Sn]([CH3])([CH3])[CH3])nc(N2CCC(NC(=O)O)CC2)n1. The molecular weight excluding hydrogens is 391 g/mol. The number of ether oxygens (including phenoxy) is 1. The Hall–Kier alpha value is -1.25. The molecule has 7 nitrogen and oxygen atoms in total. The Bertz CT molecular complexity index is 539. The summed E-state index contributed by atoms with van der Waals surface area (Å²) in [7, 11) is 1.62. The van der Waals surface area contributed by atoms with Crippen LogP contribution in [-0.4, -0.2) is 65.8 Å². The molecule has 0 unspecified atom stereocenters. The molecular formula is C14H24N4O3Sn. The first-order valence-corrected chi connectivity index (χ1v) is 17.5. The predicted octanol–water partition coefficient (Wildman–Crippen LogP) is 1.27. The molecule has 2 rings (SSSR count). The number of hydrogen-bond donors (Lipinski definition) is 2. The third-order valence-corrected chi connectivity index (χ3v) is 8.89. The van der Waals surface area contributed by atoms with Crippen molar-refractivity contribution in [1.82, 2.24) is 15.3 Å². The van der Waals surface area contributed by atoms with Gasteiger partial charge in [-0.2, -0.15) is 0 Å². The van der Waals surface area contributed by atoms with Gasteiger partial charge in [0, 0.05) is 0 Å². The van der Waals surface area contributed by atoms with Crippen molar-refractivity contribution in [3.05, 3.63) is 6.07 Å². The number of carboxylic acid groups (broad SMARTS) is 1. The second kappa shape index (κ2) is 6.89. The van der Waals surface area contributed by atoms with Crippen LogP contribution >= 0.6 is 0 Å². The van der Waals surface area contributed by atoms with Crippen LogP contribution in [0.1, 0.15) is 12.8 Å². The molecule has 0 radical (unpaired) electrons. The van der Waals surface area contributed by atoms with Crippen molar-refractivity contribution < 1.29 is 14.6 Å². The molecule has 1 aromatic rings. The van der Waals surface area contributed by atoms with E-state index in [2.05, 4.69) is 30.0 Å². The summed E-state index contributed by atoms with van der Waals surface area (Å²) in [6, 6.07) is 1.97. The van der Waals surface area contributed by atoms with Crippen LogP contribution in [0.5, 0.6) is 5.88 Å². The van der Waals surface area contributed by atoms with Gasteiger partial charge in [-0.15, -0.1) is 0 Å². The van der Waals surface area contributed by atoms with Gasteiger partial charge in [-0.25, -0.2) is 0 Å². The second-order valence-corrected chi connectivity index (χ2v) is 20.9. The van der Waals surface area contributed by atoms with Crippen LogP contribution in [0, 0.1) is 0 Å². The minimum atomic E-state index is -2.31. The fourth-order valence-corrected chi connectivity index (χ4v) is 5.27. The first-order valence-electron chi connectivity index (χ1n) is 7.47. The zero-order valence-corrected chi connectivity index (χ0v) is 16.4. The van der Waals surface area contributed by atoms with E-state index >= 15 is 0 Å². The van der Waals surface area contributed by atoms with Crippen LogP contribution in [0.25, 0.3) is 0 Å². The number of anilines is 1. The second-order valence-electron chi connectivity index (χ2n) is 6.56. The van der Waals surface area contributed by atoms with Crippen LogP contribution in [0.2, 0.25) is 14.8 Å². The van der Waals surface area contributed by atoms with Gasteiger partial charge >= 0.3 is 135 Å². The third kappa shape index (κ3) is 4.37. The number of aromatic nitrogens is 2. The van der Waals surface area contributed by atoms with Crippen molar-refractivity contribution in [2.24, 2.45) is 0 Å². The Morgan fingerprint density at radius 3 is 2.50 bits per heavy atom. The molecule has 0 bridgehead atoms. The Kier molecular flexibility index (Phi) is 5.36. The molecule has 1 amide bonds. The van der Waals surface area contributed by atoms with Crippen LogP contribution < -0.4 is 18.7 Å². The summed E-state index contributed by atoms with van der Waals surface area (Å²) in [5, 5.41) is 11.3. The van der Waals surface area contributed by atoms with Crippen molar-refractivity contribution >= 4 is 34.1 Å². The molecule has 1 fully saturated rings. The summed E-state index contributed by atoms with van der Waals surface area (Å²) in [5.74, 6) is 1.31. The molecule has 2 N–H and O–H groups in total. The molecule has 0 atom stereocenters. The zero-order valence-electron chi connectivity index (χ0n) is 13.6. The number of carbonyl (C=O) groups is 1. The van der Waals surface area contributed by atoms with Crippen LogP contribution in [0.15, 0.2) is 6.07 Å². The zero-order chi connectivity index (χ0) is 16.3. The normalized spacial score (nSPS) is 16.5. The molecule has 122 valence electrons. The van der Waals surface area contributed by atoms with Gasteiger partial charge < -0.3 is 0 Å². The first-order chi connectivity index (χ1) is 10.3. The molecule has 8 heteroatoms. The van der Waals surface area contributed by atoms with E-state index < -0.39 is 24.5 Å². The molecule has 1 aliphatic heterocycles. The molecule has 0 spiro atoms. The van der Waals surface area contributed by atoms with Crippen molar-refractivity contribution in [3.8, 4) is 5.88 Å². The van der Waals surface area contributed by atoms with Gasteiger partial charge in [0.25, 0.3) is 0 Å². The summed E-state index contributed by atoms with van der Waals surface area (Å²) < 4.78 is 6.46. The van der Waals surface area contributed by atoms with Crippen molar-refractivity contribution in [1.29, 1.82) is 0 Å². The van der Waals surface area contributed by atoms with Crippen molar-refractivity contribution in [2.75, 3.05) is 25.1 Å².